The number of rotatable bonds is 3. The van der Waals surface area contributed by atoms with Gasteiger partial charge >= 0.3 is 0 Å². The highest BCUT2D eigenvalue weighted by Gasteiger charge is 2.35. The first-order chi connectivity index (χ1) is 4.58. The van der Waals surface area contributed by atoms with Crippen LogP contribution in [0.3, 0.4) is 0 Å². The number of hydrogen-bond donors (Lipinski definition) is 0. The lowest BCUT2D eigenvalue weighted by molar-refractivity contribution is 0.391. The van der Waals surface area contributed by atoms with Gasteiger partial charge in [-0.3, -0.25) is 0 Å². The van der Waals surface area contributed by atoms with Crippen molar-refractivity contribution >= 4 is 0 Å². The molecule has 0 heterocycles. The molecule has 0 spiro atoms. The molecule has 1 aliphatic rings. The van der Waals surface area contributed by atoms with Gasteiger partial charge in [-0.2, -0.15) is 0 Å². The van der Waals surface area contributed by atoms with E-state index < -0.39 is 0 Å². The van der Waals surface area contributed by atoms with Crippen LogP contribution in [0, 0.1) is 5.41 Å². The molecule has 0 saturated heterocycles. The molecular weight excluding hydrogens is 122 g/mol. The summed E-state index contributed by atoms with van der Waals surface area (Å²) in [6.07, 6.45) is 3.56. The van der Waals surface area contributed by atoms with Gasteiger partial charge in [0.2, 0.25) is 0 Å². The number of hydrogen-bond acceptors (Lipinski definition) is 1. The van der Waals surface area contributed by atoms with E-state index in [9.17, 15) is 0 Å². The lowest BCUT2D eigenvalue weighted by Gasteiger charge is -2.18. The van der Waals surface area contributed by atoms with Gasteiger partial charge in [0.15, 0.2) is 0 Å². The minimum Gasteiger partial charge on any atom is -0.377 e. The van der Waals surface area contributed by atoms with Crippen molar-refractivity contribution in [2.45, 2.75) is 27.2 Å². The minimum absolute atomic E-state index is 0.407. The van der Waals surface area contributed by atoms with Crippen molar-refractivity contribution in [2.24, 2.45) is 5.41 Å². The molecule has 1 heteroatoms. The van der Waals surface area contributed by atoms with E-state index in [1.807, 2.05) is 0 Å². The predicted octanol–water partition coefficient (Wildman–Crippen LogP) is 2.25. The third-order valence-corrected chi connectivity index (χ3v) is 2.04. The van der Waals surface area contributed by atoms with Gasteiger partial charge in [0.25, 0.3) is 0 Å². The predicted molar refractivity (Wildman–Crippen MR) is 44.8 cm³/mol. The Kier molecular flexibility index (Phi) is 1.76. The van der Waals surface area contributed by atoms with Crippen LogP contribution in [0.15, 0.2) is 11.8 Å². The molecule has 0 bridgehead atoms. The Morgan fingerprint density at radius 2 is 2.00 bits per heavy atom. The second-order valence-corrected chi connectivity index (χ2v) is 3.67. The fourth-order valence-electron chi connectivity index (χ4n) is 1.36. The molecule has 0 atom stereocenters. The van der Waals surface area contributed by atoms with E-state index in [4.69, 9.17) is 0 Å². The topological polar surface area (TPSA) is 3.24 Å². The zero-order valence-corrected chi connectivity index (χ0v) is 7.44. The first kappa shape index (κ1) is 7.64. The van der Waals surface area contributed by atoms with E-state index in [0.717, 1.165) is 0 Å². The van der Waals surface area contributed by atoms with Crippen molar-refractivity contribution in [3.05, 3.63) is 11.8 Å². The summed E-state index contributed by atoms with van der Waals surface area (Å²) in [4.78, 5) is 2.35. The van der Waals surface area contributed by atoms with Crippen molar-refractivity contribution < 1.29 is 0 Å². The smallest absolute Gasteiger partial charge is 0.0242 e. The maximum atomic E-state index is 2.35. The van der Waals surface area contributed by atoms with Gasteiger partial charge in [-0.25, -0.2) is 0 Å². The minimum atomic E-state index is 0.407. The van der Waals surface area contributed by atoms with Gasteiger partial charge in [0.1, 0.15) is 0 Å². The van der Waals surface area contributed by atoms with Crippen LogP contribution in [0.5, 0.6) is 0 Å². The molecule has 0 fully saturated rings. The Bertz CT molecular complexity index is 156. The number of allylic oxidation sites excluding steroid dienone is 2. The van der Waals surface area contributed by atoms with E-state index in [-0.39, 0.29) is 0 Å². The summed E-state index contributed by atoms with van der Waals surface area (Å²) in [7, 11) is 2.17. The van der Waals surface area contributed by atoms with E-state index in [1.165, 1.54) is 18.7 Å². The van der Waals surface area contributed by atoms with Crippen LogP contribution in [-0.2, 0) is 0 Å². The quantitative estimate of drug-likeness (QED) is 0.579. The zero-order valence-electron chi connectivity index (χ0n) is 7.44. The standard InChI is InChI=1S/C9H17N/c1-5-6-10(4)8-7-9(8,2)3/h7H,5-6H2,1-4H3. The summed E-state index contributed by atoms with van der Waals surface area (Å²) in [6.45, 7) is 7.92. The summed E-state index contributed by atoms with van der Waals surface area (Å²) in [5.74, 6) is 0. The lowest BCUT2D eigenvalue weighted by atomic mass is 10.1. The molecule has 10 heavy (non-hydrogen) atoms. The molecule has 0 aromatic rings. The average Bonchev–Trinajstić information content (AvgIpc) is 2.41. The zero-order chi connectivity index (χ0) is 7.78. The molecule has 0 unspecified atom stereocenters. The molecule has 58 valence electrons. The maximum absolute atomic E-state index is 2.35. The van der Waals surface area contributed by atoms with E-state index in [0.29, 0.717) is 5.41 Å². The Hall–Kier alpha value is -0.460. The fraction of sp³-hybridized carbons (Fsp3) is 0.778. The van der Waals surface area contributed by atoms with Gasteiger partial charge in [0.05, 0.1) is 0 Å². The highest BCUT2D eigenvalue weighted by atomic mass is 15.1. The van der Waals surface area contributed by atoms with E-state index in [2.05, 4.69) is 38.8 Å². The van der Waals surface area contributed by atoms with Crippen molar-refractivity contribution in [3.63, 3.8) is 0 Å². The Balaban J connectivity index is 2.32. The molecule has 1 rings (SSSR count). The maximum Gasteiger partial charge on any atom is 0.0242 e. The molecule has 1 nitrogen and oxygen atoms in total. The lowest BCUT2D eigenvalue weighted by Crippen LogP contribution is -2.17. The fourth-order valence-corrected chi connectivity index (χ4v) is 1.36. The Morgan fingerprint density at radius 1 is 1.50 bits per heavy atom. The van der Waals surface area contributed by atoms with E-state index >= 15 is 0 Å². The van der Waals surface area contributed by atoms with Crippen molar-refractivity contribution in [1.29, 1.82) is 0 Å². The van der Waals surface area contributed by atoms with Crippen molar-refractivity contribution in [1.82, 2.24) is 4.90 Å². The third-order valence-electron chi connectivity index (χ3n) is 2.04. The van der Waals surface area contributed by atoms with Crippen LogP contribution in [0.1, 0.15) is 27.2 Å². The second kappa shape index (κ2) is 2.30. The normalized spacial score (nSPS) is 20.2. The van der Waals surface area contributed by atoms with Crippen LogP contribution in [0.4, 0.5) is 0 Å². The summed E-state index contributed by atoms with van der Waals surface area (Å²) in [6, 6.07) is 0. The Morgan fingerprint density at radius 3 is 2.30 bits per heavy atom. The Labute approximate surface area is 63.7 Å². The highest BCUT2D eigenvalue weighted by molar-refractivity contribution is 5.34. The van der Waals surface area contributed by atoms with Gasteiger partial charge in [-0.15, -0.1) is 0 Å². The monoisotopic (exact) mass is 139 g/mol. The van der Waals surface area contributed by atoms with Crippen LogP contribution in [0.2, 0.25) is 0 Å². The van der Waals surface area contributed by atoms with Crippen LogP contribution >= 0.6 is 0 Å². The molecule has 0 radical (unpaired) electrons. The first-order valence-corrected chi connectivity index (χ1v) is 4.02. The summed E-state index contributed by atoms with van der Waals surface area (Å²) >= 11 is 0. The molecule has 0 saturated carbocycles. The van der Waals surface area contributed by atoms with E-state index in [1.54, 1.807) is 0 Å². The largest absolute Gasteiger partial charge is 0.377 e. The van der Waals surface area contributed by atoms with Crippen LogP contribution in [0.25, 0.3) is 0 Å². The van der Waals surface area contributed by atoms with Gasteiger partial charge in [-0.1, -0.05) is 26.8 Å². The highest BCUT2D eigenvalue weighted by Crippen LogP contribution is 2.44. The van der Waals surface area contributed by atoms with Crippen molar-refractivity contribution in [2.75, 3.05) is 13.6 Å². The first-order valence-electron chi connectivity index (χ1n) is 4.02. The van der Waals surface area contributed by atoms with Crippen molar-refractivity contribution in [3.8, 4) is 0 Å². The average molecular weight is 139 g/mol. The molecule has 0 amide bonds. The molecule has 0 N–H and O–H groups in total. The second-order valence-electron chi connectivity index (χ2n) is 3.67. The van der Waals surface area contributed by atoms with Crippen LogP contribution < -0.4 is 0 Å². The molecular formula is C9H17N. The molecule has 1 aliphatic carbocycles. The van der Waals surface area contributed by atoms with Gasteiger partial charge in [0, 0.05) is 24.7 Å². The number of nitrogens with zero attached hydrogens (tertiary/aromatic N) is 1. The summed E-state index contributed by atoms with van der Waals surface area (Å²) in [5, 5.41) is 0. The molecule has 0 aromatic heterocycles. The van der Waals surface area contributed by atoms with Crippen LogP contribution in [-0.4, -0.2) is 18.5 Å². The summed E-state index contributed by atoms with van der Waals surface area (Å²) in [5.41, 5.74) is 1.92. The van der Waals surface area contributed by atoms with Gasteiger partial charge < -0.3 is 4.90 Å². The van der Waals surface area contributed by atoms with Gasteiger partial charge in [-0.05, 0) is 6.42 Å². The molecule has 0 aliphatic heterocycles. The molecule has 0 aromatic carbocycles. The SMILES string of the molecule is CCCN(C)C1=CC1(C)C. The third kappa shape index (κ3) is 1.34. The summed E-state index contributed by atoms with van der Waals surface area (Å²) < 4.78 is 0.